The van der Waals surface area contributed by atoms with Gasteiger partial charge >= 0.3 is 0 Å². The van der Waals surface area contributed by atoms with Gasteiger partial charge in [0.25, 0.3) is 10.0 Å². The molecule has 3 N–H and O–H groups in total. The molecule has 1 aromatic carbocycles. The van der Waals surface area contributed by atoms with Gasteiger partial charge in [-0.3, -0.25) is 0 Å². The van der Waals surface area contributed by atoms with E-state index in [1.807, 2.05) is 0 Å². The van der Waals surface area contributed by atoms with Gasteiger partial charge < -0.3 is 10.5 Å². The molecule has 18 heavy (non-hydrogen) atoms. The number of ether oxygens (including phenoxy) is 1. The summed E-state index contributed by atoms with van der Waals surface area (Å²) in [6.07, 6.45) is 0. The Hall–Kier alpha value is -0.670. The van der Waals surface area contributed by atoms with Crippen molar-refractivity contribution in [3.8, 4) is 0 Å². The van der Waals surface area contributed by atoms with Gasteiger partial charge in [-0.25, -0.2) is 13.4 Å². The molecule has 0 saturated carbocycles. The van der Waals surface area contributed by atoms with Crippen molar-refractivity contribution >= 4 is 31.6 Å². The fourth-order valence-corrected chi connectivity index (χ4v) is 3.25. The number of sulfonamides is 1. The molecule has 0 amide bonds. The maximum absolute atomic E-state index is 12.1. The van der Waals surface area contributed by atoms with E-state index in [0.29, 0.717) is 26.3 Å². The number of hydrogen-bond acceptors (Lipinski definition) is 5. The summed E-state index contributed by atoms with van der Waals surface area (Å²) in [7, 11) is -3.63. The van der Waals surface area contributed by atoms with E-state index in [0.717, 1.165) is 4.47 Å². The van der Waals surface area contributed by atoms with E-state index in [4.69, 9.17) is 10.5 Å². The van der Waals surface area contributed by atoms with Gasteiger partial charge in [0.1, 0.15) is 4.90 Å². The normalized spacial score (nSPS) is 17.8. The second-order valence-electron chi connectivity index (χ2n) is 3.88. The summed E-state index contributed by atoms with van der Waals surface area (Å²) in [4.78, 5) is 2.58. The molecule has 1 fully saturated rings. The average molecular weight is 336 g/mol. The molecule has 0 atom stereocenters. The van der Waals surface area contributed by atoms with Gasteiger partial charge in [-0.05, 0) is 18.2 Å². The monoisotopic (exact) mass is 335 g/mol. The van der Waals surface area contributed by atoms with Crippen molar-refractivity contribution in [3.05, 3.63) is 22.7 Å². The smallest absolute Gasteiger partial charge is 0.255 e. The maximum atomic E-state index is 12.1. The number of hydrazine groups is 1. The highest BCUT2D eigenvalue weighted by Crippen LogP contribution is 2.22. The molecular formula is C10H14BrN3O3S. The number of halogens is 1. The number of hydrogen-bond donors (Lipinski definition) is 2. The van der Waals surface area contributed by atoms with Crippen LogP contribution in [0.3, 0.4) is 0 Å². The number of morpholine rings is 1. The number of rotatable bonds is 3. The van der Waals surface area contributed by atoms with E-state index in [2.05, 4.69) is 20.8 Å². The number of anilines is 1. The average Bonchev–Trinajstić information content (AvgIpc) is 2.29. The molecule has 0 aliphatic carbocycles. The third-order valence-corrected chi connectivity index (χ3v) is 4.46. The van der Waals surface area contributed by atoms with E-state index in [-0.39, 0.29) is 10.6 Å². The minimum absolute atomic E-state index is 0.0807. The number of nitrogens with two attached hydrogens (primary N) is 1. The summed E-state index contributed by atoms with van der Waals surface area (Å²) in [5.41, 5.74) is 5.93. The number of nitrogen functional groups attached to an aromatic ring is 1. The number of benzene rings is 1. The zero-order chi connectivity index (χ0) is 13.2. The van der Waals surface area contributed by atoms with E-state index in [1.165, 1.54) is 6.07 Å². The van der Waals surface area contributed by atoms with Crippen LogP contribution < -0.4 is 10.6 Å². The molecule has 6 nitrogen and oxygen atoms in total. The van der Waals surface area contributed by atoms with E-state index in [1.54, 1.807) is 17.1 Å². The summed E-state index contributed by atoms with van der Waals surface area (Å²) in [6.45, 7) is 2.07. The van der Waals surface area contributed by atoms with Crippen LogP contribution in [-0.2, 0) is 14.8 Å². The van der Waals surface area contributed by atoms with Crippen LogP contribution >= 0.6 is 15.9 Å². The molecule has 2 rings (SSSR count). The molecular weight excluding hydrogens is 322 g/mol. The van der Waals surface area contributed by atoms with Crippen molar-refractivity contribution in [3.63, 3.8) is 0 Å². The second kappa shape index (κ2) is 5.54. The molecule has 0 spiro atoms. The van der Waals surface area contributed by atoms with E-state index >= 15 is 0 Å². The van der Waals surface area contributed by atoms with Crippen molar-refractivity contribution in [1.29, 1.82) is 0 Å². The first-order valence-corrected chi connectivity index (χ1v) is 7.67. The molecule has 0 aromatic heterocycles. The summed E-state index contributed by atoms with van der Waals surface area (Å²) >= 11 is 3.24. The lowest BCUT2D eigenvalue weighted by molar-refractivity contribution is 0.0272. The van der Waals surface area contributed by atoms with Crippen LogP contribution in [0.1, 0.15) is 0 Å². The molecule has 0 bridgehead atoms. The van der Waals surface area contributed by atoms with Gasteiger partial charge in [0.2, 0.25) is 0 Å². The predicted octanol–water partition coefficient (Wildman–Crippen LogP) is 0.557. The Morgan fingerprint density at radius 2 is 2.00 bits per heavy atom. The van der Waals surface area contributed by atoms with Crippen molar-refractivity contribution in [2.75, 3.05) is 32.0 Å². The van der Waals surface area contributed by atoms with E-state index in [9.17, 15) is 8.42 Å². The Morgan fingerprint density at radius 3 is 2.61 bits per heavy atom. The highest BCUT2D eigenvalue weighted by atomic mass is 79.9. The van der Waals surface area contributed by atoms with Crippen LogP contribution in [0.2, 0.25) is 0 Å². The minimum atomic E-state index is -3.63. The Bertz CT molecular complexity index is 529. The standard InChI is InChI=1S/C10H14BrN3O3S/c11-8-1-2-10(9(12)7-8)18(15,16)13-14-3-5-17-6-4-14/h1-2,7,13H,3-6,12H2. The lowest BCUT2D eigenvalue weighted by Crippen LogP contribution is -2.48. The fourth-order valence-electron chi connectivity index (χ4n) is 1.64. The van der Waals surface area contributed by atoms with Gasteiger partial charge in [0.05, 0.1) is 18.9 Å². The second-order valence-corrected chi connectivity index (χ2v) is 6.42. The highest BCUT2D eigenvalue weighted by molar-refractivity contribution is 9.10. The van der Waals surface area contributed by atoms with Crippen molar-refractivity contribution in [2.45, 2.75) is 4.90 Å². The summed E-state index contributed by atoms with van der Waals surface area (Å²) in [5.74, 6) is 0. The number of nitrogens with zero attached hydrogens (tertiary/aromatic N) is 1. The van der Waals surface area contributed by atoms with E-state index < -0.39 is 10.0 Å². The molecule has 1 heterocycles. The van der Waals surface area contributed by atoms with Crippen LogP contribution in [0, 0.1) is 0 Å². The maximum Gasteiger partial charge on any atom is 0.255 e. The molecule has 1 saturated heterocycles. The predicted molar refractivity (Wildman–Crippen MR) is 71.3 cm³/mol. The third-order valence-electron chi connectivity index (χ3n) is 2.52. The molecule has 1 aliphatic heterocycles. The lowest BCUT2D eigenvalue weighted by atomic mass is 10.3. The zero-order valence-electron chi connectivity index (χ0n) is 9.60. The summed E-state index contributed by atoms with van der Waals surface area (Å²) in [6, 6.07) is 4.68. The number of nitrogens with one attached hydrogen (secondary N) is 1. The molecule has 0 unspecified atom stereocenters. The Morgan fingerprint density at radius 1 is 1.33 bits per heavy atom. The van der Waals surface area contributed by atoms with Crippen molar-refractivity contribution in [2.24, 2.45) is 0 Å². The Balaban J connectivity index is 2.19. The third kappa shape index (κ3) is 3.21. The quantitative estimate of drug-likeness (QED) is 0.788. The summed E-state index contributed by atoms with van der Waals surface area (Å²) < 4.78 is 30.2. The first-order chi connectivity index (χ1) is 8.49. The lowest BCUT2D eigenvalue weighted by Gasteiger charge is -2.26. The van der Waals surface area contributed by atoms with Crippen molar-refractivity contribution < 1.29 is 13.2 Å². The van der Waals surface area contributed by atoms with Gasteiger partial charge in [-0.15, -0.1) is 4.83 Å². The highest BCUT2D eigenvalue weighted by Gasteiger charge is 2.22. The van der Waals surface area contributed by atoms with Gasteiger partial charge in [-0.1, -0.05) is 15.9 Å². The van der Waals surface area contributed by atoms with Crippen LogP contribution in [0.25, 0.3) is 0 Å². The molecule has 8 heteroatoms. The summed E-state index contributed by atoms with van der Waals surface area (Å²) in [5, 5.41) is 1.61. The minimum Gasteiger partial charge on any atom is -0.398 e. The first kappa shape index (κ1) is 13.8. The molecule has 0 radical (unpaired) electrons. The Labute approximate surface area is 114 Å². The molecule has 1 aromatic rings. The molecule has 1 aliphatic rings. The van der Waals surface area contributed by atoms with Gasteiger partial charge in [0, 0.05) is 17.6 Å². The van der Waals surface area contributed by atoms with Gasteiger partial charge in [0.15, 0.2) is 0 Å². The van der Waals surface area contributed by atoms with Crippen LogP contribution in [0.5, 0.6) is 0 Å². The largest absolute Gasteiger partial charge is 0.398 e. The molecule has 100 valence electrons. The Kier molecular flexibility index (Phi) is 4.23. The van der Waals surface area contributed by atoms with Crippen LogP contribution in [0.4, 0.5) is 5.69 Å². The van der Waals surface area contributed by atoms with Crippen LogP contribution in [-0.4, -0.2) is 39.7 Å². The van der Waals surface area contributed by atoms with Gasteiger partial charge in [-0.2, -0.15) is 0 Å². The van der Waals surface area contributed by atoms with Crippen LogP contribution in [0.15, 0.2) is 27.6 Å². The zero-order valence-corrected chi connectivity index (χ0v) is 12.0. The topological polar surface area (TPSA) is 84.7 Å². The van der Waals surface area contributed by atoms with Crippen molar-refractivity contribution in [1.82, 2.24) is 9.84 Å². The SMILES string of the molecule is Nc1cc(Br)ccc1S(=O)(=O)NN1CCOCC1. The fraction of sp³-hybridized carbons (Fsp3) is 0.400. The first-order valence-electron chi connectivity index (χ1n) is 5.39.